The number of carbonyl (C=O) groups excluding carboxylic acids is 1. The summed E-state index contributed by atoms with van der Waals surface area (Å²) in [5, 5.41) is 3.04. The first-order valence-corrected chi connectivity index (χ1v) is 7.71. The van der Waals surface area contributed by atoms with E-state index in [9.17, 15) is 4.79 Å². The molecule has 19 heavy (non-hydrogen) atoms. The molecule has 0 saturated carbocycles. The highest BCUT2D eigenvalue weighted by Crippen LogP contribution is 2.21. The lowest BCUT2D eigenvalue weighted by molar-refractivity contribution is -0.124. The van der Waals surface area contributed by atoms with Crippen molar-refractivity contribution in [2.75, 3.05) is 6.26 Å². The van der Waals surface area contributed by atoms with Gasteiger partial charge in [0.05, 0.1) is 12.0 Å². The second kappa shape index (κ2) is 6.26. The minimum atomic E-state index is -0.0806. The van der Waals surface area contributed by atoms with E-state index in [0.717, 1.165) is 5.56 Å². The highest BCUT2D eigenvalue weighted by molar-refractivity contribution is 7.98. The zero-order chi connectivity index (χ0) is 13.8. The van der Waals surface area contributed by atoms with E-state index in [1.165, 1.54) is 4.90 Å². The van der Waals surface area contributed by atoms with Gasteiger partial charge in [0.2, 0.25) is 5.91 Å². The fraction of sp³-hybridized carbons (Fsp3) is 0.400. The molecule has 3 N–H and O–H groups in total. The van der Waals surface area contributed by atoms with E-state index in [0.29, 0.717) is 6.42 Å². The average molecular weight is 276 g/mol. The van der Waals surface area contributed by atoms with Crippen LogP contribution in [0.2, 0.25) is 0 Å². The van der Waals surface area contributed by atoms with E-state index in [1.54, 1.807) is 11.8 Å². The smallest absolute Gasteiger partial charge is 0.227 e. The van der Waals surface area contributed by atoms with Gasteiger partial charge in [0, 0.05) is 10.9 Å². The number of nitrogens with one attached hydrogen (secondary N) is 1. The van der Waals surface area contributed by atoms with Crippen molar-refractivity contribution in [2.24, 2.45) is 11.7 Å². The molecule has 3 nitrogen and oxygen atoms in total. The molecular weight excluding hydrogens is 256 g/mol. The summed E-state index contributed by atoms with van der Waals surface area (Å²) < 4.78 is 0. The Balaban J connectivity index is 1.94. The minimum absolute atomic E-state index is 0.0203. The van der Waals surface area contributed by atoms with Gasteiger partial charge in [0.25, 0.3) is 0 Å². The lowest BCUT2D eigenvalue weighted by Gasteiger charge is -2.17. The Kier molecular flexibility index (Phi) is 4.66. The summed E-state index contributed by atoms with van der Waals surface area (Å²) in [5.41, 5.74) is 6.89. The molecule has 0 bridgehead atoms. The van der Waals surface area contributed by atoms with Gasteiger partial charge in [-0.3, -0.25) is 4.79 Å². The van der Waals surface area contributed by atoms with Crippen LogP contribution in [0.5, 0.6) is 0 Å². The standard InChI is InChI=1S/C15H20N2OS/c1-10(11-4-7-14(19-2)8-5-11)17-15(18)12-3-6-13(16)9-12/h3-8,10,12-13H,9,16H2,1-2H3,(H,17,18). The fourth-order valence-electron chi connectivity index (χ4n) is 2.22. The molecule has 1 aliphatic rings. The van der Waals surface area contributed by atoms with E-state index >= 15 is 0 Å². The molecule has 0 spiro atoms. The van der Waals surface area contributed by atoms with Crippen LogP contribution in [0, 0.1) is 5.92 Å². The van der Waals surface area contributed by atoms with Crippen molar-refractivity contribution < 1.29 is 4.79 Å². The first-order chi connectivity index (χ1) is 9.10. The van der Waals surface area contributed by atoms with Crippen LogP contribution in [0.15, 0.2) is 41.3 Å². The Morgan fingerprint density at radius 3 is 2.58 bits per heavy atom. The number of nitrogens with two attached hydrogens (primary N) is 1. The maximum atomic E-state index is 12.1. The van der Waals surface area contributed by atoms with E-state index in [1.807, 2.05) is 19.1 Å². The Morgan fingerprint density at radius 2 is 2.05 bits per heavy atom. The van der Waals surface area contributed by atoms with Gasteiger partial charge in [-0.15, -0.1) is 11.8 Å². The average Bonchev–Trinajstić information content (AvgIpc) is 2.85. The molecule has 3 unspecified atom stereocenters. The summed E-state index contributed by atoms with van der Waals surface area (Å²) in [7, 11) is 0. The predicted octanol–water partition coefficient (Wildman–Crippen LogP) is 2.49. The van der Waals surface area contributed by atoms with Crippen molar-refractivity contribution in [1.82, 2.24) is 5.32 Å². The van der Waals surface area contributed by atoms with Gasteiger partial charge in [-0.25, -0.2) is 0 Å². The van der Waals surface area contributed by atoms with Crippen LogP contribution in [0.1, 0.15) is 24.9 Å². The summed E-state index contributed by atoms with van der Waals surface area (Å²) in [5.74, 6) is -0.0198. The van der Waals surface area contributed by atoms with Crippen molar-refractivity contribution in [3.63, 3.8) is 0 Å². The molecule has 0 saturated heterocycles. The van der Waals surface area contributed by atoms with Crippen molar-refractivity contribution in [1.29, 1.82) is 0 Å². The molecule has 102 valence electrons. The second-order valence-corrected chi connectivity index (χ2v) is 5.77. The van der Waals surface area contributed by atoms with Gasteiger partial charge in [0.15, 0.2) is 0 Å². The Labute approximate surface area is 118 Å². The highest BCUT2D eigenvalue weighted by atomic mass is 32.2. The Bertz CT molecular complexity index is 470. The van der Waals surface area contributed by atoms with Crippen LogP contribution in [0.3, 0.4) is 0 Å². The molecule has 2 rings (SSSR count). The third-order valence-corrected chi connectivity index (χ3v) is 4.17. The molecule has 0 radical (unpaired) electrons. The van der Waals surface area contributed by atoms with E-state index in [2.05, 4.69) is 35.8 Å². The third kappa shape index (κ3) is 3.61. The summed E-state index contributed by atoms with van der Waals surface area (Å²) in [6, 6.07) is 8.32. The fourth-order valence-corrected chi connectivity index (χ4v) is 2.63. The largest absolute Gasteiger partial charge is 0.349 e. The van der Waals surface area contributed by atoms with Gasteiger partial charge < -0.3 is 11.1 Å². The molecule has 0 heterocycles. The zero-order valence-electron chi connectivity index (χ0n) is 11.3. The zero-order valence-corrected chi connectivity index (χ0v) is 12.1. The molecule has 0 fully saturated rings. The first-order valence-electron chi connectivity index (χ1n) is 6.48. The molecule has 0 aromatic heterocycles. The highest BCUT2D eigenvalue weighted by Gasteiger charge is 2.23. The van der Waals surface area contributed by atoms with Crippen LogP contribution < -0.4 is 11.1 Å². The van der Waals surface area contributed by atoms with Crippen LogP contribution in [-0.4, -0.2) is 18.2 Å². The van der Waals surface area contributed by atoms with E-state index < -0.39 is 0 Å². The summed E-state index contributed by atoms with van der Waals surface area (Å²) in [6.45, 7) is 2.00. The quantitative estimate of drug-likeness (QED) is 0.656. The number of hydrogen-bond donors (Lipinski definition) is 2. The lowest BCUT2D eigenvalue weighted by Crippen LogP contribution is -2.32. The maximum Gasteiger partial charge on any atom is 0.227 e. The van der Waals surface area contributed by atoms with E-state index in [-0.39, 0.29) is 23.9 Å². The molecule has 1 aromatic carbocycles. The van der Waals surface area contributed by atoms with Gasteiger partial charge in [-0.05, 0) is 37.3 Å². The Morgan fingerprint density at radius 1 is 1.37 bits per heavy atom. The predicted molar refractivity (Wildman–Crippen MR) is 80.0 cm³/mol. The number of rotatable bonds is 4. The molecule has 3 atom stereocenters. The first kappa shape index (κ1) is 14.2. The SMILES string of the molecule is CSc1ccc(C(C)NC(=O)C2C=CC(N)C2)cc1. The number of thioether (sulfide) groups is 1. The molecule has 1 amide bonds. The summed E-state index contributed by atoms with van der Waals surface area (Å²) in [4.78, 5) is 13.3. The second-order valence-electron chi connectivity index (χ2n) is 4.89. The molecule has 1 aromatic rings. The number of hydrogen-bond acceptors (Lipinski definition) is 3. The monoisotopic (exact) mass is 276 g/mol. The minimum Gasteiger partial charge on any atom is -0.349 e. The van der Waals surface area contributed by atoms with Gasteiger partial charge >= 0.3 is 0 Å². The van der Waals surface area contributed by atoms with Gasteiger partial charge in [0.1, 0.15) is 0 Å². The summed E-state index contributed by atoms with van der Waals surface area (Å²) in [6.07, 6.45) is 6.57. The van der Waals surface area contributed by atoms with Crippen molar-refractivity contribution in [3.05, 3.63) is 42.0 Å². The number of amides is 1. The van der Waals surface area contributed by atoms with Crippen molar-refractivity contribution in [3.8, 4) is 0 Å². The van der Waals surface area contributed by atoms with Crippen molar-refractivity contribution in [2.45, 2.75) is 30.3 Å². The van der Waals surface area contributed by atoms with Crippen LogP contribution in [0.25, 0.3) is 0 Å². The third-order valence-electron chi connectivity index (χ3n) is 3.43. The number of carbonyl (C=O) groups is 1. The molecule has 1 aliphatic carbocycles. The molecular formula is C15H20N2OS. The maximum absolute atomic E-state index is 12.1. The van der Waals surface area contributed by atoms with Crippen LogP contribution >= 0.6 is 11.8 Å². The lowest BCUT2D eigenvalue weighted by atomic mass is 10.0. The van der Waals surface area contributed by atoms with Gasteiger partial charge in [-0.2, -0.15) is 0 Å². The normalized spacial score (nSPS) is 23.3. The van der Waals surface area contributed by atoms with Gasteiger partial charge in [-0.1, -0.05) is 24.3 Å². The Hall–Kier alpha value is -1.26. The van der Waals surface area contributed by atoms with Crippen molar-refractivity contribution >= 4 is 17.7 Å². The van der Waals surface area contributed by atoms with E-state index in [4.69, 9.17) is 5.73 Å². The molecule has 4 heteroatoms. The van der Waals surface area contributed by atoms with Crippen LogP contribution in [-0.2, 0) is 4.79 Å². The topological polar surface area (TPSA) is 55.1 Å². The number of benzene rings is 1. The van der Waals surface area contributed by atoms with Crippen LogP contribution in [0.4, 0.5) is 0 Å². The molecule has 0 aliphatic heterocycles. The summed E-state index contributed by atoms with van der Waals surface area (Å²) >= 11 is 1.71.